The number of halogens is 3. The summed E-state index contributed by atoms with van der Waals surface area (Å²) in [5.41, 5.74) is 0.467. The highest BCUT2D eigenvalue weighted by Crippen LogP contribution is 2.35. The van der Waals surface area contributed by atoms with Crippen molar-refractivity contribution in [2.75, 3.05) is 13.1 Å². The van der Waals surface area contributed by atoms with Gasteiger partial charge < -0.3 is 4.57 Å². The zero-order valence-corrected chi connectivity index (χ0v) is 23.0. The molecule has 3 aromatic heterocycles. The lowest BCUT2D eigenvalue weighted by molar-refractivity contribution is -0.136. The van der Waals surface area contributed by atoms with Gasteiger partial charge in [-0.05, 0) is 68.0 Å². The van der Waals surface area contributed by atoms with Crippen molar-refractivity contribution in [1.82, 2.24) is 28.6 Å². The van der Waals surface area contributed by atoms with Crippen molar-refractivity contribution in [3.8, 4) is 5.69 Å². The molecule has 0 aliphatic carbocycles. The molecule has 0 radical (unpaired) electrons. The lowest BCUT2D eigenvalue weighted by Crippen LogP contribution is -2.39. The summed E-state index contributed by atoms with van der Waals surface area (Å²) in [5.74, 6) is 0.648. The second-order valence-corrected chi connectivity index (χ2v) is 11.8. The van der Waals surface area contributed by atoms with Crippen LogP contribution in [0.25, 0.3) is 11.2 Å². The summed E-state index contributed by atoms with van der Waals surface area (Å²) in [6.07, 6.45) is 2.03. The molecule has 1 saturated heterocycles. The van der Waals surface area contributed by atoms with Crippen LogP contribution in [0.5, 0.6) is 0 Å². The van der Waals surface area contributed by atoms with Crippen molar-refractivity contribution < 1.29 is 13.2 Å². The van der Waals surface area contributed by atoms with Crippen LogP contribution in [0, 0.1) is 5.41 Å². The smallest absolute Gasteiger partial charge is 0.315 e. The van der Waals surface area contributed by atoms with Crippen LogP contribution in [-0.4, -0.2) is 41.7 Å². The Hall–Kier alpha value is -3.40. The van der Waals surface area contributed by atoms with Gasteiger partial charge in [-0.15, -0.1) is 10.2 Å². The molecule has 0 unspecified atom stereocenters. The number of likely N-dealkylation sites (tertiary alicyclic amines) is 1. The first-order chi connectivity index (χ1) is 18.3. The monoisotopic (exact) mass is 540 g/mol. The van der Waals surface area contributed by atoms with E-state index < -0.39 is 17.4 Å². The molecule has 0 N–H and O–H groups in total. The molecule has 0 amide bonds. The van der Waals surface area contributed by atoms with E-state index in [1.807, 2.05) is 37.5 Å². The van der Waals surface area contributed by atoms with Gasteiger partial charge in [-0.25, -0.2) is 4.79 Å². The number of piperidine rings is 1. The molecule has 1 aliphatic heterocycles. The van der Waals surface area contributed by atoms with Gasteiger partial charge in [0.15, 0.2) is 0 Å². The predicted molar refractivity (Wildman–Crippen MR) is 144 cm³/mol. The maximum atomic E-state index is 14.2. The number of alkyl halides is 3. The lowest BCUT2D eigenvalue weighted by atomic mass is 9.84. The van der Waals surface area contributed by atoms with E-state index >= 15 is 0 Å². The fourth-order valence-electron chi connectivity index (χ4n) is 5.73. The molecule has 10 heteroatoms. The van der Waals surface area contributed by atoms with E-state index in [-0.39, 0.29) is 22.9 Å². The molecule has 1 aliphatic rings. The summed E-state index contributed by atoms with van der Waals surface area (Å²) in [6, 6.07) is 8.65. The van der Waals surface area contributed by atoms with Crippen molar-refractivity contribution in [2.45, 2.75) is 72.1 Å². The van der Waals surface area contributed by atoms with Gasteiger partial charge in [0.05, 0.1) is 16.8 Å². The number of hydrogen-bond acceptors (Lipinski definition) is 4. The average Bonchev–Trinajstić information content (AvgIpc) is 3.48. The van der Waals surface area contributed by atoms with E-state index in [1.165, 1.54) is 16.8 Å². The van der Waals surface area contributed by atoms with Crippen molar-refractivity contribution in [1.29, 1.82) is 0 Å². The van der Waals surface area contributed by atoms with Crippen molar-refractivity contribution in [3.63, 3.8) is 0 Å². The summed E-state index contributed by atoms with van der Waals surface area (Å²) in [4.78, 5) is 15.7. The summed E-state index contributed by atoms with van der Waals surface area (Å²) in [6.45, 7) is 12.4. The Balaban J connectivity index is 1.56. The summed E-state index contributed by atoms with van der Waals surface area (Å²) in [7, 11) is 0. The maximum Gasteiger partial charge on any atom is 0.418 e. The highest BCUT2D eigenvalue weighted by atomic mass is 19.4. The fourth-order valence-corrected chi connectivity index (χ4v) is 5.73. The average molecular weight is 541 g/mol. The zero-order valence-electron chi connectivity index (χ0n) is 23.0. The number of aromatic nitrogens is 5. The second kappa shape index (κ2) is 9.97. The van der Waals surface area contributed by atoms with Gasteiger partial charge in [0.25, 0.3) is 0 Å². The molecule has 0 spiro atoms. The Bertz CT molecular complexity index is 1540. The molecule has 4 aromatic rings. The number of benzene rings is 1. The molecule has 0 bridgehead atoms. The van der Waals surface area contributed by atoms with Crippen molar-refractivity contribution in [2.24, 2.45) is 5.41 Å². The molecular formula is C29H35F3N6O. The summed E-state index contributed by atoms with van der Waals surface area (Å²) in [5, 5.41) is 8.33. The zero-order chi connectivity index (χ0) is 28.1. The first-order valence-corrected chi connectivity index (χ1v) is 13.4. The highest BCUT2D eigenvalue weighted by Gasteiger charge is 2.35. The summed E-state index contributed by atoms with van der Waals surface area (Å²) >= 11 is 0. The third-order valence-corrected chi connectivity index (χ3v) is 7.71. The second-order valence-electron chi connectivity index (χ2n) is 11.8. The fraction of sp³-hybridized carbons (Fsp3) is 0.483. The normalized spacial score (nSPS) is 17.3. The van der Waals surface area contributed by atoms with E-state index in [4.69, 9.17) is 0 Å². The van der Waals surface area contributed by atoms with Gasteiger partial charge in [0, 0.05) is 37.4 Å². The van der Waals surface area contributed by atoms with Crippen molar-refractivity contribution >= 4 is 5.52 Å². The molecule has 1 aromatic carbocycles. The highest BCUT2D eigenvalue weighted by molar-refractivity contribution is 5.58. The van der Waals surface area contributed by atoms with Crippen LogP contribution < -0.4 is 5.69 Å². The molecule has 1 fully saturated rings. The molecule has 4 heterocycles. The Labute approximate surface area is 225 Å². The Morgan fingerprint density at radius 3 is 2.56 bits per heavy atom. The molecular weight excluding hydrogens is 505 g/mol. The number of rotatable bonds is 6. The van der Waals surface area contributed by atoms with E-state index in [2.05, 4.69) is 28.9 Å². The number of imidazole rings is 1. The Kier molecular flexibility index (Phi) is 6.95. The van der Waals surface area contributed by atoms with E-state index in [9.17, 15) is 18.0 Å². The molecule has 5 rings (SSSR count). The number of hydrogen-bond donors (Lipinski definition) is 0. The standard InChI is InChI=1S/C29H35F3N6O/c1-19(2)38-18-33-34-26(38)20(3)22-8-6-9-23(13-22)36-16-25-24(29(30,31)32)12-21(15-37(25)27(36)39)14-35-11-7-10-28(4,5)17-35/h6,8-9,12-13,15-16,18-20H,7,10-11,14,17H2,1-5H3/t20-/m0/s1. The van der Waals surface area contributed by atoms with Crippen LogP contribution in [-0.2, 0) is 12.7 Å². The molecule has 208 valence electrons. The van der Waals surface area contributed by atoms with Crippen molar-refractivity contribution in [3.05, 3.63) is 82.1 Å². The first kappa shape index (κ1) is 27.2. The predicted octanol–water partition coefficient (Wildman–Crippen LogP) is 6.06. The van der Waals surface area contributed by atoms with Crippen LogP contribution in [0.1, 0.15) is 81.9 Å². The Morgan fingerprint density at radius 1 is 1.10 bits per heavy atom. The van der Waals surface area contributed by atoms with Gasteiger partial charge in [-0.3, -0.25) is 13.9 Å². The number of pyridine rings is 1. The molecule has 1 atom stereocenters. The SMILES string of the molecule is CC(C)n1cnnc1[C@@H](C)c1cccc(-n2cc3c(C(F)(F)F)cc(CN4CCCC(C)(C)C4)cn3c2=O)c1. The lowest BCUT2D eigenvalue weighted by Gasteiger charge is -2.38. The van der Waals surface area contributed by atoms with Crippen LogP contribution >= 0.6 is 0 Å². The maximum absolute atomic E-state index is 14.2. The van der Waals surface area contributed by atoms with Gasteiger partial charge in [0.1, 0.15) is 12.2 Å². The van der Waals surface area contributed by atoms with Gasteiger partial charge >= 0.3 is 11.9 Å². The summed E-state index contributed by atoms with van der Waals surface area (Å²) < 4.78 is 47.1. The number of nitrogens with zero attached hydrogens (tertiary/aromatic N) is 6. The van der Waals surface area contributed by atoms with Gasteiger partial charge in [0.2, 0.25) is 0 Å². The molecule has 7 nitrogen and oxygen atoms in total. The van der Waals surface area contributed by atoms with Gasteiger partial charge in [-0.1, -0.05) is 32.9 Å². The van der Waals surface area contributed by atoms with E-state index in [0.29, 0.717) is 17.8 Å². The minimum atomic E-state index is -4.60. The Morgan fingerprint density at radius 2 is 1.87 bits per heavy atom. The minimum absolute atomic E-state index is 0.111. The van der Waals surface area contributed by atoms with E-state index in [1.54, 1.807) is 24.7 Å². The number of fused-ring (bicyclic) bond motifs is 1. The first-order valence-electron chi connectivity index (χ1n) is 13.4. The largest absolute Gasteiger partial charge is 0.418 e. The quantitative estimate of drug-likeness (QED) is 0.299. The molecule has 0 saturated carbocycles. The van der Waals surface area contributed by atoms with Crippen LogP contribution in [0.4, 0.5) is 13.2 Å². The van der Waals surface area contributed by atoms with Crippen LogP contribution in [0.3, 0.4) is 0 Å². The molecule has 39 heavy (non-hydrogen) atoms. The third-order valence-electron chi connectivity index (χ3n) is 7.71. The van der Waals surface area contributed by atoms with E-state index in [0.717, 1.165) is 41.7 Å². The third kappa shape index (κ3) is 5.39. The van der Waals surface area contributed by atoms with Gasteiger partial charge in [-0.2, -0.15) is 13.2 Å². The van der Waals surface area contributed by atoms with Crippen LogP contribution in [0.15, 0.2) is 53.8 Å². The van der Waals surface area contributed by atoms with Crippen LogP contribution in [0.2, 0.25) is 0 Å². The minimum Gasteiger partial charge on any atom is -0.315 e. The topological polar surface area (TPSA) is 60.4 Å².